The molecule has 3 aromatic rings. The lowest BCUT2D eigenvalue weighted by molar-refractivity contribution is 0.1000. The number of phenolic OH excluding ortho intramolecular Hbond substituents is 1. The molecule has 2 aromatic carbocycles. The number of rotatable bonds is 7. The van der Waals surface area contributed by atoms with Crippen molar-refractivity contribution in [3.8, 4) is 5.75 Å². The van der Waals surface area contributed by atoms with Crippen LogP contribution in [0.4, 0.5) is 16.3 Å². The molecule has 2 aliphatic rings. The van der Waals surface area contributed by atoms with E-state index in [4.69, 9.17) is 5.73 Å². The number of aromatic nitrogens is 2. The first-order chi connectivity index (χ1) is 18.0. The maximum atomic E-state index is 12.6. The molecule has 5 N–H and O–H groups in total. The molecule has 5 rings (SSSR count). The number of nitrogens with zero attached hydrogens (tertiary/aromatic N) is 4. The lowest BCUT2D eigenvalue weighted by Crippen LogP contribution is -2.52. The molecule has 10 heteroatoms. The van der Waals surface area contributed by atoms with Crippen LogP contribution in [0.25, 0.3) is 0 Å². The van der Waals surface area contributed by atoms with Gasteiger partial charge in [0.15, 0.2) is 5.82 Å². The number of carbonyl (C=O) groups is 2. The lowest BCUT2D eigenvalue weighted by atomic mass is 10.1. The number of aromatic amines is 1. The zero-order chi connectivity index (χ0) is 25.8. The predicted molar refractivity (Wildman–Crippen MR) is 142 cm³/mol. The van der Waals surface area contributed by atoms with Crippen LogP contribution in [0.15, 0.2) is 48.5 Å². The summed E-state index contributed by atoms with van der Waals surface area (Å²) in [5.41, 5.74) is 9.78. The number of benzene rings is 2. The van der Waals surface area contributed by atoms with Crippen molar-refractivity contribution in [2.45, 2.75) is 25.8 Å². The van der Waals surface area contributed by atoms with Gasteiger partial charge in [-0.1, -0.05) is 24.3 Å². The molecule has 194 valence electrons. The Bertz CT molecular complexity index is 1230. The summed E-state index contributed by atoms with van der Waals surface area (Å²) < 4.78 is 0. The minimum absolute atomic E-state index is 0.175. The minimum Gasteiger partial charge on any atom is -0.508 e. The van der Waals surface area contributed by atoms with Gasteiger partial charge < -0.3 is 30.9 Å². The van der Waals surface area contributed by atoms with E-state index in [0.717, 1.165) is 68.9 Å². The molecule has 0 spiro atoms. The third-order valence-corrected chi connectivity index (χ3v) is 7.09. The molecular weight excluding hydrogens is 470 g/mol. The van der Waals surface area contributed by atoms with Gasteiger partial charge >= 0.3 is 6.03 Å². The van der Waals surface area contributed by atoms with E-state index < -0.39 is 5.91 Å². The van der Waals surface area contributed by atoms with Gasteiger partial charge in [-0.25, -0.2) is 4.79 Å². The monoisotopic (exact) mass is 503 g/mol. The number of nitrogens with one attached hydrogen (secondary N) is 2. The highest BCUT2D eigenvalue weighted by molar-refractivity contribution is 5.99. The van der Waals surface area contributed by atoms with E-state index in [1.807, 2.05) is 21.9 Å². The summed E-state index contributed by atoms with van der Waals surface area (Å²) in [6, 6.07) is 15.3. The van der Waals surface area contributed by atoms with Crippen molar-refractivity contribution in [2.24, 2.45) is 5.73 Å². The number of nitrogens with two attached hydrogens (primary N) is 1. The van der Waals surface area contributed by atoms with Crippen molar-refractivity contribution in [3.05, 3.63) is 70.9 Å². The molecule has 3 heterocycles. The first-order valence-electron chi connectivity index (χ1n) is 12.7. The van der Waals surface area contributed by atoms with E-state index in [1.54, 1.807) is 24.3 Å². The topological polar surface area (TPSA) is 131 Å². The Morgan fingerprint density at radius 3 is 2.16 bits per heavy atom. The number of hydrogen-bond acceptors (Lipinski definition) is 6. The molecule has 2 saturated heterocycles. The Morgan fingerprint density at radius 1 is 0.892 bits per heavy atom. The summed E-state index contributed by atoms with van der Waals surface area (Å²) in [4.78, 5) is 31.1. The van der Waals surface area contributed by atoms with Gasteiger partial charge in [-0.3, -0.25) is 9.89 Å². The van der Waals surface area contributed by atoms with E-state index in [2.05, 4.69) is 32.5 Å². The summed E-state index contributed by atoms with van der Waals surface area (Å²) in [6.45, 7) is 5.27. The number of piperazine rings is 1. The Kier molecular flexibility index (Phi) is 7.16. The van der Waals surface area contributed by atoms with E-state index in [9.17, 15) is 14.7 Å². The third-order valence-electron chi connectivity index (χ3n) is 7.09. The molecule has 2 fully saturated rings. The fraction of sp³-hybridized carbons (Fsp3) is 0.370. The fourth-order valence-electron chi connectivity index (χ4n) is 4.99. The van der Waals surface area contributed by atoms with Crippen LogP contribution in [0.3, 0.4) is 0 Å². The van der Waals surface area contributed by atoms with Crippen molar-refractivity contribution in [1.29, 1.82) is 0 Å². The molecule has 1 aromatic heterocycles. The average Bonchev–Trinajstić information content (AvgIpc) is 3.59. The minimum atomic E-state index is -0.546. The lowest BCUT2D eigenvalue weighted by Gasteiger charge is -2.37. The first kappa shape index (κ1) is 24.5. The summed E-state index contributed by atoms with van der Waals surface area (Å²) in [7, 11) is 0. The number of H-pyrrole nitrogens is 1. The van der Waals surface area contributed by atoms with Gasteiger partial charge in [0.25, 0.3) is 5.91 Å². The van der Waals surface area contributed by atoms with Crippen molar-refractivity contribution in [2.75, 3.05) is 49.5 Å². The Morgan fingerprint density at radius 2 is 1.51 bits per heavy atom. The van der Waals surface area contributed by atoms with E-state index in [-0.39, 0.29) is 11.8 Å². The van der Waals surface area contributed by atoms with Gasteiger partial charge in [-0.15, -0.1) is 0 Å². The Hall–Kier alpha value is -4.21. The number of aromatic hydroxyl groups is 1. The molecule has 0 atom stereocenters. The van der Waals surface area contributed by atoms with Gasteiger partial charge in [0.1, 0.15) is 11.3 Å². The van der Waals surface area contributed by atoms with Crippen molar-refractivity contribution >= 4 is 23.4 Å². The van der Waals surface area contributed by atoms with Crippen LogP contribution in [0.2, 0.25) is 0 Å². The summed E-state index contributed by atoms with van der Waals surface area (Å²) >= 11 is 0. The number of likely N-dealkylation sites (tertiary alicyclic amines) is 1. The number of primary amides is 1. The fourth-order valence-corrected chi connectivity index (χ4v) is 4.99. The van der Waals surface area contributed by atoms with E-state index >= 15 is 0 Å². The number of carbonyl (C=O) groups excluding carboxylic acids is 2. The van der Waals surface area contributed by atoms with Gasteiger partial charge in [0.2, 0.25) is 0 Å². The van der Waals surface area contributed by atoms with Gasteiger partial charge in [0.05, 0.1) is 5.69 Å². The van der Waals surface area contributed by atoms with Crippen LogP contribution in [0, 0.1) is 0 Å². The highest BCUT2D eigenvalue weighted by Gasteiger charge is 2.27. The molecular formula is C27H33N7O3. The standard InChI is InChI=1S/C27H33N7O3/c28-25(36)24-23(30-31-26(24)29-18-20-5-9-22(35)10-6-20)17-19-3-7-21(8-4-19)32-13-15-34(16-14-32)27(37)33-11-1-2-12-33/h3-10,35H,1-2,11-18H2,(H2,28,36)(H2,29,30,31). The zero-order valence-corrected chi connectivity index (χ0v) is 20.8. The quantitative estimate of drug-likeness (QED) is 0.392. The van der Waals surface area contributed by atoms with Gasteiger partial charge in [-0.05, 0) is 48.2 Å². The van der Waals surface area contributed by atoms with Crippen LogP contribution >= 0.6 is 0 Å². The van der Waals surface area contributed by atoms with Crippen molar-refractivity contribution in [3.63, 3.8) is 0 Å². The van der Waals surface area contributed by atoms with Crippen molar-refractivity contribution < 1.29 is 14.7 Å². The van der Waals surface area contributed by atoms with Crippen LogP contribution in [-0.2, 0) is 13.0 Å². The number of amides is 3. The molecule has 0 saturated carbocycles. The number of phenols is 1. The summed E-state index contributed by atoms with van der Waals surface area (Å²) in [5.74, 6) is 0.0630. The van der Waals surface area contributed by atoms with Crippen LogP contribution in [0.5, 0.6) is 5.75 Å². The number of urea groups is 1. The molecule has 0 bridgehead atoms. The molecule has 2 aliphatic heterocycles. The Labute approximate surface area is 216 Å². The molecule has 0 aliphatic carbocycles. The molecule has 37 heavy (non-hydrogen) atoms. The number of hydrogen-bond donors (Lipinski definition) is 4. The normalized spacial score (nSPS) is 15.7. The van der Waals surface area contributed by atoms with Gasteiger partial charge in [-0.2, -0.15) is 5.10 Å². The number of anilines is 2. The molecule has 0 radical (unpaired) electrons. The maximum absolute atomic E-state index is 12.6. The maximum Gasteiger partial charge on any atom is 0.320 e. The SMILES string of the molecule is NC(=O)c1c(NCc2ccc(O)cc2)n[nH]c1Cc1ccc(N2CCN(C(=O)N3CCCC3)CC2)cc1. The third kappa shape index (κ3) is 5.63. The first-order valence-corrected chi connectivity index (χ1v) is 12.7. The Balaban J connectivity index is 1.19. The van der Waals surface area contributed by atoms with E-state index in [0.29, 0.717) is 30.0 Å². The predicted octanol–water partition coefficient (Wildman–Crippen LogP) is 2.75. The summed E-state index contributed by atoms with van der Waals surface area (Å²) in [6.07, 6.45) is 2.70. The van der Waals surface area contributed by atoms with Gasteiger partial charge in [0, 0.05) is 57.9 Å². The second kappa shape index (κ2) is 10.8. The largest absolute Gasteiger partial charge is 0.508 e. The summed E-state index contributed by atoms with van der Waals surface area (Å²) in [5, 5.41) is 19.8. The second-order valence-corrected chi connectivity index (χ2v) is 9.60. The van der Waals surface area contributed by atoms with Crippen LogP contribution in [-0.4, -0.2) is 76.3 Å². The van der Waals surface area contributed by atoms with E-state index in [1.165, 1.54) is 0 Å². The smallest absolute Gasteiger partial charge is 0.320 e. The van der Waals surface area contributed by atoms with Crippen molar-refractivity contribution in [1.82, 2.24) is 20.0 Å². The molecule has 3 amide bonds. The molecule has 0 unspecified atom stereocenters. The highest BCUT2D eigenvalue weighted by atomic mass is 16.3. The molecule has 10 nitrogen and oxygen atoms in total. The zero-order valence-electron chi connectivity index (χ0n) is 20.8. The highest BCUT2D eigenvalue weighted by Crippen LogP contribution is 2.23. The second-order valence-electron chi connectivity index (χ2n) is 9.60. The average molecular weight is 504 g/mol. The van der Waals surface area contributed by atoms with Crippen LogP contribution in [0.1, 0.15) is 40.0 Å². The van der Waals surface area contributed by atoms with Crippen LogP contribution < -0.4 is 16.0 Å².